The van der Waals surface area contributed by atoms with Gasteiger partial charge in [0.05, 0.1) is 0 Å². The van der Waals surface area contributed by atoms with Crippen LogP contribution in [0.1, 0.15) is 12.0 Å². The number of hydrogen-bond donors (Lipinski definition) is 0. The summed E-state index contributed by atoms with van der Waals surface area (Å²) >= 11 is 0. The number of aryl methyl sites for hydroxylation is 1. The smallest absolute Gasteiger partial charge is 0.134 e. The van der Waals surface area contributed by atoms with Crippen molar-refractivity contribution in [1.29, 1.82) is 0 Å². The van der Waals surface area contributed by atoms with E-state index in [4.69, 9.17) is 4.74 Å². The van der Waals surface area contributed by atoms with Crippen molar-refractivity contribution in [3.63, 3.8) is 0 Å². The van der Waals surface area contributed by atoms with E-state index in [0.29, 0.717) is 18.4 Å². The standard InChI is InChI=1S/C23H21FO/c1-3-5-6-18-7-8-20-16-19(11-14-22(20)23(18)24)17-9-12-21(13-10-17)25-15-4-2/h3-4,7-14,16H,1-2,5-6,15H2. The van der Waals surface area contributed by atoms with Crippen LogP contribution in [0.2, 0.25) is 0 Å². The van der Waals surface area contributed by atoms with Crippen LogP contribution in [0.15, 0.2) is 79.9 Å². The molecule has 0 atom stereocenters. The number of benzene rings is 3. The molecule has 25 heavy (non-hydrogen) atoms. The van der Waals surface area contributed by atoms with E-state index in [-0.39, 0.29) is 5.82 Å². The van der Waals surface area contributed by atoms with Crippen molar-refractivity contribution in [3.8, 4) is 16.9 Å². The summed E-state index contributed by atoms with van der Waals surface area (Å²) in [5.74, 6) is 0.682. The van der Waals surface area contributed by atoms with Gasteiger partial charge in [-0.05, 0) is 53.1 Å². The SMILES string of the molecule is C=CCCc1ccc2cc(-c3ccc(OCC=C)cc3)ccc2c1F. The molecule has 0 heterocycles. The van der Waals surface area contributed by atoms with Crippen molar-refractivity contribution in [2.24, 2.45) is 0 Å². The molecule has 2 heteroatoms. The Labute approximate surface area is 148 Å². The highest BCUT2D eigenvalue weighted by Crippen LogP contribution is 2.29. The molecule has 0 fully saturated rings. The molecule has 3 aromatic carbocycles. The van der Waals surface area contributed by atoms with Gasteiger partial charge in [0.15, 0.2) is 0 Å². The van der Waals surface area contributed by atoms with Gasteiger partial charge < -0.3 is 4.74 Å². The molecule has 0 saturated carbocycles. The maximum Gasteiger partial charge on any atom is 0.134 e. The van der Waals surface area contributed by atoms with Gasteiger partial charge in [-0.3, -0.25) is 0 Å². The second-order valence-corrected chi connectivity index (χ2v) is 5.93. The van der Waals surface area contributed by atoms with Crippen molar-refractivity contribution in [2.45, 2.75) is 12.8 Å². The lowest BCUT2D eigenvalue weighted by atomic mass is 9.98. The molecule has 0 N–H and O–H groups in total. The molecule has 0 aromatic heterocycles. The summed E-state index contributed by atoms with van der Waals surface area (Å²) in [4.78, 5) is 0. The number of fused-ring (bicyclic) bond motifs is 1. The molecule has 0 aliphatic carbocycles. The quantitative estimate of drug-likeness (QED) is 0.459. The summed E-state index contributed by atoms with van der Waals surface area (Å²) in [6.45, 7) is 7.83. The Morgan fingerprint density at radius 3 is 2.36 bits per heavy atom. The maximum atomic E-state index is 14.6. The first kappa shape index (κ1) is 17.0. The molecule has 0 radical (unpaired) electrons. The zero-order valence-corrected chi connectivity index (χ0v) is 14.2. The largest absolute Gasteiger partial charge is 0.490 e. The Morgan fingerprint density at radius 1 is 0.880 bits per heavy atom. The molecular weight excluding hydrogens is 311 g/mol. The van der Waals surface area contributed by atoms with Gasteiger partial charge in [-0.15, -0.1) is 6.58 Å². The Balaban J connectivity index is 1.90. The van der Waals surface area contributed by atoms with Crippen molar-refractivity contribution in [2.75, 3.05) is 6.61 Å². The van der Waals surface area contributed by atoms with E-state index >= 15 is 0 Å². The summed E-state index contributed by atoms with van der Waals surface area (Å²) in [7, 11) is 0. The Morgan fingerprint density at radius 2 is 1.64 bits per heavy atom. The highest BCUT2D eigenvalue weighted by atomic mass is 19.1. The Hall–Kier alpha value is -2.87. The monoisotopic (exact) mass is 332 g/mol. The van der Waals surface area contributed by atoms with E-state index in [1.807, 2.05) is 60.7 Å². The molecule has 3 aromatic rings. The number of halogens is 1. The summed E-state index contributed by atoms with van der Waals surface area (Å²) < 4.78 is 20.1. The average molecular weight is 332 g/mol. The summed E-state index contributed by atoms with van der Waals surface area (Å²) in [5.41, 5.74) is 2.87. The van der Waals surface area contributed by atoms with E-state index in [1.165, 1.54) is 0 Å². The van der Waals surface area contributed by atoms with Gasteiger partial charge in [-0.25, -0.2) is 4.39 Å². The van der Waals surface area contributed by atoms with Crippen LogP contribution in [0.4, 0.5) is 4.39 Å². The minimum atomic E-state index is -0.126. The number of ether oxygens (including phenoxy) is 1. The summed E-state index contributed by atoms with van der Waals surface area (Å²) in [5, 5.41) is 1.57. The third kappa shape index (κ3) is 3.80. The van der Waals surface area contributed by atoms with Crippen LogP contribution < -0.4 is 4.74 Å². The highest BCUT2D eigenvalue weighted by Gasteiger charge is 2.08. The van der Waals surface area contributed by atoms with Crippen LogP contribution in [-0.4, -0.2) is 6.61 Å². The van der Waals surface area contributed by atoms with Crippen LogP contribution >= 0.6 is 0 Å². The van der Waals surface area contributed by atoms with E-state index < -0.39 is 0 Å². The van der Waals surface area contributed by atoms with E-state index in [1.54, 1.807) is 6.08 Å². The second-order valence-electron chi connectivity index (χ2n) is 5.93. The predicted octanol–water partition coefficient (Wildman–Crippen LogP) is 6.33. The fourth-order valence-corrected chi connectivity index (χ4v) is 2.87. The van der Waals surface area contributed by atoms with Crippen LogP contribution in [0.3, 0.4) is 0 Å². The number of rotatable bonds is 7. The minimum absolute atomic E-state index is 0.126. The zero-order valence-electron chi connectivity index (χ0n) is 14.2. The lowest BCUT2D eigenvalue weighted by Gasteiger charge is -2.09. The first-order valence-corrected chi connectivity index (χ1v) is 8.39. The van der Waals surface area contributed by atoms with Crippen LogP contribution in [-0.2, 0) is 6.42 Å². The lowest BCUT2D eigenvalue weighted by molar-refractivity contribution is 0.363. The van der Waals surface area contributed by atoms with Crippen LogP contribution in [0.25, 0.3) is 21.9 Å². The lowest BCUT2D eigenvalue weighted by Crippen LogP contribution is -1.93. The van der Waals surface area contributed by atoms with Crippen LogP contribution in [0.5, 0.6) is 5.75 Å². The third-order valence-electron chi connectivity index (χ3n) is 4.21. The second kappa shape index (κ2) is 7.80. The molecule has 0 saturated heterocycles. The van der Waals surface area contributed by atoms with E-state index in [9.17, 15) is 4.39 Å². The predicted molar refractivity (Wildman–Crippen MR) is 104 cm³/mol. The molecule has 1 nitrogen and oxygen atoms in total. The number of allylic oxidation sites excluding steroid dienone is 1. The topological polar surface area (TPSA) is 9.23 Å². The highest BCUT2D eigenvalue weighted by molar-refractivity contribution is 5.88. The third-order valence-corrected chi connectivity index (χ3v) is 4.21. The van der Waals surface area contributed by atoms with Crippen molar-refractivity contribution in [3.05, 3.63) is 91.3 Å². The van der Waals surface area contributed by atoms with E-state index in [2.05, 4.69) is 13.2 Å². The number of hydrogen-bond acceptors (Lipinski definition) is 1. The van der Waals surface area contributed by atoms with Gasteiger partial charge in [0.1, 0.15) is 18.2 Å². The van der Waals surface area contributed by atoms with Crippen molar-refractivity contribution >= 4 is 10.8 Å². The van der Waals surface area contributed by atoms with E-state index in [0.717, 1.165) is 34.2 Å². The van der Waals surface area contributed by atoms with Gasteiger partial charge in [0.2, 0.25) is 0 Å². The first-order chi connectivity index (χ1) is 12.2. The molecule has 0 aliphatic heterocycles. The van der Waals surface area contributed by atoms with Crippen molar-refractivity contribution < 1.29 is 9.13 Å². The van der Waals surface area contributed by atoms with Gasteiger partial charge in [0, 0.05) is 5.39 Å². The van der Waals surface area contributed by atoms with Crippen LogP contribution in [0, 0.1) is 5.82 Å². The van der Waals surface area contributed by atoms with Gasteiger partial charge in [0.25, 0.3) is 0 Å². The van der Waals surface area contributed by atoms with Gasteiger partial charge in [-0.1, -0.05) is 55.1 Å². The molecule has 0 amide bonds. The van der Waals surface area contributed by atoms with Crippen molar-refractivity contribution in [1.82, 2.24) is 0 Å². The zero-order chi connectivity index (χ0) is 17.6. The summed E-state index contributed by atoms with van der Waals surface area (Å²) in [6, 6.07) is 17.6. The Kier molecular flexibility index (Phi) is 5.30. The molecule has 126 valence electrons. The maximum absolute atomic E-state index is 14.6. The molecule has 3 rings (SSSR count). The normalized spacial score (nSPS) is 10.6. The Bertz CT molecular complexity index is 894. The molecule has 0 unspecified atom stereocenters. The molecule has 0 aliphatic rings. The average Bonchev–Trinajstić information content (AvgIpc) is 2.66. The molecule has 0 bridgehead atoms. The molecule has 0 spiro atoms. The van der Waals surface area contributed by atoms with Gasteiger partial charge >= 0.3 is 0 Å². The fraction of sp³-hybridized carbons (Fsp3) is 0.130. The summed E-state index contributed by atoms with van der Waals surface area (Å²) in [6.07, 6.45) is 4.99. The first-order valence-electron chi connectivity index (χ1n) is 8.39. The fourth-order valence-electron chi connectivity index (χ4n) is 2.87. The van der Waals surface area contributed by atoms with Gasteiger partial charge in [-0.2, -0.15) is 0 Å². The minimum Gasteiger partial charge on any atom is -0.490 e. The molecular formula is C23H21FO.